The van der Waals surface area contributed by atoms with Crippen LogP contribution in [0.5, 0.6) is 5.75 Å². The lowest BCUT2D eigenvalue weighted by Gasteiger charge is -2.34. The van der Waals surface area contributed by atoms with Crippen molar-refractivity contribution in [2.75, 3.05) is 13.1 Å². The maximum Gasteiger partial charge on any atom is 0.306 e. The molecule has 0 radical (unpaired) electrons. The molecule has 2 aromatic rings. The number of piperidine rings is 1. The van der Waals surface area contributed by atoms with Gasteiger partial charge in [-0.15, -0.1) is 0 Å². The Bertz CT molecular complexity index is 785. The minimum Gasteiger partial charge on any atom is -0.486 e. The van der Waals surface area contributed by atoms with E-state index in [1.165, 1.54) is 24.3 Å². The van der Waals surface area contributed by atoms with Crippen molar-refractivity contribution < 1.29 is 28.2 Å². The van der Waals surface area contributed by atoms with Crippen LogP contribution in [-0.4, -0.2) is 35.0 Å². The Morgan fingerprint density at radius 3 is 2.65 bits per heavy atom. The smallest absolute Gasteiger partial charge is 0.306 e. The Kier molecular flexibility index (Phi) is 5.25. The summed E-state index contributed by atoms with van der Waals surface area (Å²) in [5.41, 5.74) is 0. The van der Waals surface area contributed by atoms with E-state index in [0.29, 0.717) is 31.0 Å². The Morgan fingerprint density at radius 1 is 1.27 bits per heavy atom. The van der Waals surface area contributed by atoms with E-state index in [2.05, 4.69) is 0 Å². The van der Waals surface area contributed by atoms with Crippen LogP contribution in [0.15, 0.2) is 40.8 Å². The van der Waals surface area contributed by atoms with Crippen LogP contribution in [-0.2, 0) is 11.4 Å². The van der Waals surface area contributed by atoms with E-state index >= 15 is 0 Å². The van der Waals surface area contributed by atoms with Crippen molar-refractivity contribution in [2.24, 2.45) is 11.8 Å². The molecular weight excluding hydrogens is 341 g/mol. The monoisotopic (exact) mass is 361 g/mol. The van der Waals surface area contributed by atoms with Gasteiger partial charge in [0.05, 0.1) is 5.92 Å². The Balaban J connectivity index is 1.58. The summed E-state index contributed by atoms with van der Waals surface area (Å²) in [5.74, 6) is -0.771. The number of likely N-dealkylation sites (tertiary alicyclic amines) is 1. The van der Waals surface area contributed by atoms with Crippen LogP contribution in [0.4, 0.5) is 4.39 Å². The molecule has 2 atom stereocenters. The van der Waals surface area contributed by atoms with E-state index in [-0.39, 0.29) is 30.0 Å². The Hall–Kier alpha value is -2.83. The van der Waals surface area contributed by atoms with Crippen LogP contribution >= 0.6 is 0 Å². The first kappa shape index (κ1) is 18.0. The van der Waals surface area contributed by atoms with Gasteiger partial charge in [0.2, 0.25) is 0 Å². The van der Waals surface area contributed by atoms with Crippen LogP contribution in [0.3, 0.4) is 0 Å². The minimum atomic E-state index is -0.817. The fourth-order valence-corrected chi connectivity index (χ4v) is 3.11. The number of carbonyl (C=O) groups excluding carboxylic acids is 1. The summed E-state index contributed by atoms with van der Waals surface area (Å²) in [6.07, 6.45) is 0.434. The van der Waals surface area contributed by atoms with E-state index < -0.39 is 11.9 Å². The molecule has 26 heavy (non-hydrogen) atoms. The summed E-state index contributed by atoms with van der Waals surface area (Å²) in [5, 5.41) is 9.17. The lowest BCUT2D eigenvalue weighted by molar-refractivity contribution is -0.145. The van der Waals surface area contributed by atoms with E-state index in [9.17, 15) is 14.0 Å². The van der Waals surface area contributed by atoms with E-state index in [4.69, 9.17) is 14.3 Å². The molecule has 7 heteroatoms. The zero-order valence-corrected chi connectivity index (χ0v) is 14.4. The molecular formula is C19H20FNO5. The standard InChI is InChI=1S/C19H20FNO5/c1-12-10-21(9-8-16(12)19(23)24)18(22)17-7-6-15(26-17)11-25-14-4-2-13(20)3-5-14/h2-7,12,16H,8-11H2,1H3,(H,23,24). The molecule has 0 saturated carbocycles. The molecule has 1 fully saturated rings. The van der Waals surface area contributed by atoms with Crippen molar-refractivity contribution in [3.8, 4) is 5.75 Å². The maximum absolute atomic E-state index is 12.9. The van der Waals surface area contributed by atoms with E-state index in [1.54, 1.807) is 17.0 Å². The Labute approximate surface area is 150 Å². The van der Waals surface area contributed by atoms with Gasteiger partial charge in [0.25, 0.3) is 5.91 Å². The first-order valence-corrected chi connectivity index (χ1v) is 8.43. The van der Waals surface area contributed by atoms with Crippen molar-refractivity contribution in [3.63, 3.8) is 0 Å². The summed E-state index contributed by atoms with van der Waals surface area (Å²) in [6.45, 7) is 2.74. The van der Waals surface area contributed by atoms with Crippen molar-refractivity contribution >= 4 is 11.9 Å². The highest BCUT2D eigenvalue weighted by atomic mass is 19.1. The fraction of sp³-hybridized carbons (Fsp3) is 0.368. The number of benzene rings is 1. The van der Waals surface area contributed by atoms with Gasteiger partial charge in [-0.05, 0) is 48.7 Å². The predicted molar refractivity (Wildman–Crippen MR) is 90.3 cm³/mol. The van der Waals surface area contributed by atoms with Gasteiger partial charge in [-0.2, -0.15) is 0 Å². The third-order valence-electron chi connectivity index (χ3n) is 4.58. The summed E-state index contributed by atoms with van der Waals surface area (Å²) in [7, 11) is 0. The van der Waals surface area contributed by atoms with Gasteiger partial charge in [0, 0.05) is 13.1 Å². The highest BCUT2D eigenvalue weighted by molar-refractivity contribution is 5.91. The van der Waals surface area contributed by atoms with E-state index in [0.717, 1.165) is 0 Å². The van der Waals surface area contributed by atoms with Crippen LogP contribution in [0, 0.1) is 17.7 Å². The number of nitrogens with zero attached hydrogens (tertiary/aromatic N) is 1. The van der Waals surface area contributed by atoms with Crippen LogP contribution in [0.2, 0.25) is 0 Å². The molecule has 3 rings (SSSR count). The van der Waals surface area contributed by atoms with Crippen molar-refractivity contribution in [2.45, 2.75) is 20.0 Å². The second-order valence-electron chi connectivity index (χ2n) is 6.47. The number of aliphatic carboxylic acids is 1. The van der Waals surface area contributed by atoms with Crippen LogP contribution < -0.4 is 4.74 Å². The maximum atomic E-state index is 12.9. The van der Waals surface area contributed by atoms with Gasteiger partial charge in [0.1, 0.15) is 23.9 Å². The van der Waals surface area contributed by atoms with Gasteiger partial charge in [0.15, 0.2) is 5.76 Å². The van der Waals surface area contributed by atoms with Gasteiger partial charge < -0.3 is 19.2 Å². The predicted octanol–water partition coefficient (Wildman–Crippen LogP) is 3.18. The lowest BCUT2D eigenvalue weighted by Crippen LogP contribution is -2.44. The van der Waals surface area contributed by atoms with E-state index in [1.807, 2.05) is 6.92 Å². The molecule has 0 bridgehead atoms. The SMILES string of the molecule is CC1CN(C(=O)c2ccc(COc3ccc(F)cc3)o2)CCC1C(=O)O. The number of hydrogen-bond acceptors (Lipinski definition) is 4. The molecule has 1 amide bonds. The third-order valence-corrected chi connectivity index (χ3v) is 4.58. The van der Waals surface area contributed by atoms with Gasteiger partial charge in [-0.25, -0.2) is 4.39 Å². The summed E-state index contributed by atoms with van der Waals surface area (Å²) >= 11 is 0. The topological polar surface area (TPSA) is 80.0 Å². The summed E-state index contributed by atoms with van der Waals surface area (Å²) < 4.78 is 23.9. The molecule has 0 spiro atoms. The van der Waals surface area contributed by atoms with Crippen LogP contribution in [0.25, 0.3) is 0 Å². The minimum absolute atomic E-state index is 0.110. The number of carboxylic acids is 1. The second kappa shape index (κ2) is 7.59. The number of furan rings is 1. The van der Waals surface area contributed by atoms with Crippen molar-refractivity contribution in [1.82, 2.24) is 4.90 Å². The van der Waals surface area contributed by atoms with Crippen molar-refractivity contribution in [1.29, 1.82) is 0 Å². The number of halogens is 1. The molecule has 0 aliphatic carbocycles. The molecule has 1 saturated heterocycles. The molecule has 1 aromatic heterocycles. The number of carbonyl (C=O) groups is 2. The zero-order valence-electron chi connectivity index (χ0n) is 14.4. The summed E-state index contributed by atoms with van der Waals surface area (Å²) in [4.78, 5) is 25.3. The highest BCUT2D eigenvalue weighted by Crippen LogP contribution is 2.25. The van der Waals surface area contributed by atoms with Gasteiger partial charge in [-0.3, -0.25) is 9.59 Å². The normalized spacial score (nSPS) is 20.0. The summed E-state index contributed by atoms with van der Waals surface area (Å²) in [6, 6.07) is 8.86. The quantitative estimate of drug-likeness (QED) is 0.885. The number of hydrogen-bond donors (Lipinski definition) is 1. The number of rotatable bonds is 5. The highest BCUT2D eigenvalue weighted by Gasteiger charge is 2.34. The molecule has 1 aliphatic heterocycles. The average Bonchev–Trinajstić information content (AvgIpc) is 3.09. The molecule has 1 aliphatic rings. The zero-order chi connectivity index (χ0) is 18.7. The lowest BCUT2D eigenvalue weighted by atomic mass is 9.87. The van der Waals surface area contributed by atoms with Gasteiger partial charge >= 0.3 is 5.97 Å². The van der Waals surface area contributed by atoms with Gasteiger partial charge in [-0.1, -0.05) is 6.92 Å². The third kappa shape index (κ3) is 4.04. The van der Waals surface area contributed by atoms with Crippen LogP contribution in [0.1, 0.15) is 29.7 Å². The molecule has 1 aromatic carbocycles. The number of carboxylic acid groups (broad SMARTS) is 1. The molecule has 1 N–H and O–H groups in total. The molecule has 6 nitrogen and oxygen atoms in total. The first-order chi connectivity index (χ1) is 12.4. The average molecular weight is 361 g/mol. The molecule has 2 heterocycles. The number of ether oxygens (including phenoxy) is 1. The largest absolute Gasteiger partial charge is 0.486 e. The Morgan fingerprint density at radius 2 is 2.00 bits per heavy atom. The molecule has 138 valence electrons. The fourth-order valence-electron chi connectivity index (χ4n) is 3.11. The second-order valence-corrected chi connectivity index (χ2v) is 6.47. The number of amides is 1. The first-order valence-electron chi connectivity index (χ1n) is 8.43. The molecule has 2 unspecified atom stereocenters. The van der Waals surface area contributed by atoms with Crippen molar-refractivity contribution in [3.05, 3.63) is 53.7 Å².